The number of nitrogens with zero attached hydrogens (tertiary/aromatic N) is 1. The number of thioether (sulfide) groups is 1. The number of hydrogen-bond donors (Lipinski definition) is 2. The van der Waals surface area contributed by atoms with Gasteiger partial charge in [0.1, 0.15) is 0 Å². The first-order valence-corrected chi connectivity index (χ1v) is 8.58. The van der Waals surface area contributed by atoms with E-state index in [1.165, 1.54) is 24.9 Å². The molecule has 24 heavy (non-hydrogen) atoms. The molecule has 122 valence electrons. The van der Waals surface area contributed by atoms with Crippen LogP contribution in [0.3, 0.4) is 0 Å². The highest BCUT2D eigenvalue weighted by atomic mass is 79.9. The Labute approximate surface area is 151 Å². The van der Waals surface area contributed by atoms with Gasteiger partial charge >= 0.3 is 0 Å². The average Bonchev–Trinajstić information content (AvgIpc) is 2.91. The summed E-state index contributed by atoms with van der Waals surface area (Å²) in [5, 5.41) is 12.9. The average molecular weight is 405 g/mol. The summed E-state index contributed by atoms with van der Waals surface area (Å²) in [7, 11) is 1.48. The molecule has 0 saturated carbocycles. The fourth-order valence-electron chi connectivity index (χ4n) is 2.05. The summed E-state index contributed by atoms with van der Waals surface area (Å²) in [5.74, 6) is 0.208. The predicted molar refractivity (Wildman–Crippen MR) is 99.6 cm³/mol. The lowest BCUT2D eigenvalue weighted by atomic mass is 10.2. The quantitative estimate of drug-likeness (QED) is 0.756. The zero-order valence-corrected chi connectivity index (χ0v) is 15.0. The number of hydrogen-bond acceptors (Lipinski definition) is 5. The molecule has 0 aromatic heterocycles. The molecule has 7 heteroatoms. The molecule has 0 spiro atoms. The van der Waals surface area contributed by atoms with Gasteiger partial charge in [-0.2, -0.15) is 0 Å². The van der Waals surface area contributed by atoms with E-state index in [9.17, 15) is 9.90 Å². The normalized spacial score (nSPS) is 17.3. The van der Waals surface area contributed by atoms with E-state index in [0.717, 1.165) is 15.7 Å². The van der Waals surface area contributed by atoms with Gasteiger partial charge < -0.3 is 15.2 Å². The summed E-state index contributed by atoms with van der Waals surface area (Å²) in [6.07, 6.45) is 1.73. The highest BCUT2D eigenvalue weighted by molar-refractivity contribution is 9.10. The van der Waals surface area contributed by atoms with Gasteiger partial charge in [0, 0.05) is 4.47 Å². The molecule has 1 heterocycles. The van der Waals surface area contributed by atoms with Crippen LogP contribution in [0.4, 0.5) is 5.69 Å². The predicted octanol–water partition coefficient (Wildman–Crippen LogP) is 4.05. The van der Waals surface area contributed by atoms with Crippen LogP contribution in [0.2, 0.25) is 0 Å². The van der Waals surface area contributed by atoms with Gasteiger partial charge in [0.05, 0.1) is 17.7 Å². The maximum atomic E-state index is 12.1. The molecule has 2 N–H and O–H groups in total. The van der Waals surface area contributed by atoms with Crippen molar-refractivity contribution < 1.29 is 14.6 Å². The number of benzene rings is 2. The molecule has 1 saturated heterocycles. The third-order valence-electron chi connectivity index (χ3n) is 3.21. The first-order chi connectivity index (χ1) is 11.5. The third kappa shape index (κ3) is 3.80. The van der Waals surface area contributed by atoms with Gasteiger partial charge in [0.2, 0.25) is 0 Å². The Bertz CT molecular complexity index is 847. The Morgan fingerprint density at radius 2 is 2.00 bits per heavy atom. The van der Waals surface area contributed by atoms with E-state index in [1.54, 1.807) is 18.2 Å². The highest BCUT2D eigenvalue weighted by Gasteiger charge is 2.23. The summed E-state index contributed by atoms with van der Waals surface area (Å²) < 4.78 is 6.04. The van der Waals surface area contributed by atoms with E-state index in [-0.39, 0.29) is 11.7 Å². The molecule has 0 aliphatic carbocycles. The minimum atomic E-state index is -0.206. The number of ether oxygens (including phenoxy) is 1. The van der Waals surface area contributed by atoms with Crippen molar-refractivity contribution in [2.75, 3.05) is 7.11 Å². The second-order valence-corrected chi connectivity index (χ2v) is 6.84. The number of carbonyl (C=O) groups is 1. The van der Waals surface area contributed by atoms with Crippen molar-refractivity contribution in [3.8, 4) is 11.5 Å². The fourth-order valence-corrected chi connectivity index (χ4v) is 3.15. The number of nitrogens with one attached hydrogen (secondary N) is 1. The van der Waals surface area contributed by atoms with Crippen molar-refractivity contribution in [1.29, 1.82) is 0 Å². The topological polar surface area (TPSA) is 70.9 Å². The molecule has 1 fully saturated rings. The Hall–Kier alpha value is -2.25. The standard InChI is InChI=1S/C17H13BrN2O3S/c1-23-14-8-10(2-7-13(14)21)9-15-16(22)20-17(24-15)19-12-5-3-11(18)4-6-12/h2-9,21H,1H3,(H,19,20,22)/b15-9-. The first-order valence-electron chi connectivity index (χ1n) is 6.97. The monoisotopic (exact) mass is 404 g/mol. The van der Waals surface area contributed by atoms with Gasteiger partial charge in [-0.15, -0.1) is 0 Å². The molecule has 0 bridgehead atoms. The Balaban J connectivity index is 1.83. The molecule has 1 amide bonds. The van der Waals surface area contributed by atoms with Crippen LogP contribution >= 0.6 is 27.7 Å². The number of methoxy groups -OCH3 is 1. The number of phenolic OH excluding ortho intramolecular Hbond substituents is 1. The SMILES string of the molecule is COc1cc(/C=C2\SC(=Nc3ccc(Br)cc3)NC2=O)ccc1O. The number of halogens is 1. The Kier molecular flexibility index (Phi) is 4.92. The maximum Gasteiger partial charge on any atom is 0.264 e. The highest BCUT2D eigenvalue weighted by Crippen LogP contribution is 2.31. The van der Waals surface area contributed by atoms with E-state index in [2.05, 4.69) is 26.2 Å². The van der Waals surface area contributed by atoms with Crippen molar-refractivity contribution in [1.82, 2.24) is 5.32 Å². The zero-order valence-electron chi connectivity index (χ0n) is 12.6. The van der Waals surface area contributed by atoms with Crippen LogP contribution in [-0.4, -0.2) is 23.3 Å². The van der Waals surface area contributed by atoms with Crippen molar-refractivity contribution in [3.63, 3.8) is 0 Å². The van der Waals surface area contributed by atoms with Crippen molar-refractivity contribution in [3.05, 3.63) is 57.4 Å². The lowest BCUT2D eigenvalue weighted by Gasteiger charge is -2.03. The summed E-state index contributed by atoms with van der Waals surface area (Å²) in [6, 6.07) is 12.4. The molecule has 2 aromatic carbocycles. The summed E-state index contributed by atoms with van der Waals surface area (Å²) in [6.45, 7) is 0. The van der Waals surface area contributed by atoms with E-state index in [0.29, 0.717) is 15.8 Å². The Morgan fingerprint density at radius 1 is 1.25 bits per heavy atom. The van der Waals surface area contributed by atoms with Crippen molar-refractivity contribution in [2.24, 2.45) is 4.99 Å². The number of aliphatic imine (C=N–C) groups is 1. The number of amidine groups is 1. The smallest absolute Gasteiger partial charge is 0.264 e. The summed E-state index contributed by atoms with van der Waals surface area (Å²) in [5.41, 5.74) is 1.51. The maximum absolute atomic E-state index is 12.1. The lowest BCUT2D eigenvalue weighted by molar-refractivity contribution is -0.115. The van der Waals surface area contributed by atoms with E-state index < -0.39 is 0 Å². The molecule has 1 aliphatic heterocycles. The minimum Gasteiger partial charge on any atom is -0.504 e. The first kappa shape index (κ1) is 16.6. The molecular weight excluding hydrogens is 392 g/mol. The molecule has 5 nitrogen and oxygen atoms in total. The largest absolute Gasteiger partial charge is 0.504 e. The van der Waals surface area contributed by atoms with Crippen LogP contribution in [0.25, 0.3) is 6.08 Å². The van der Waals surface area contributed by atoms with Crippen molar-refractivity contribution in [2.45, 2.75) is 0 Å². The number of aromatic hydroxyl groups is 1. The van der Waals surface area contributed by atoms with Crippen LogP contribution in [0.5, 0.6) is 11.5 Å². The lowest BCUT2D eigenvalue weighted by Crippen LogP contribution is -2.19. The van der Waals surface area contributed by atoms with Gasteiger partial charge in [-0.1, -0.05) is 22.0 Å². The van der Waals surface area contributed by atoms with Gasteiger partial charge in [0.15, 0.2) is 16.7 Å². The third-order valence-corrected chi connectivity index (χ3v) is 4.65. The van der Waals surface area contributed by atoms with Crippen molar-refractivity contribution >= 4 is 50.5 Å². The molecular formula is C17H13BrN2O3S. The minimum absolute atomic E-state index is 0.0562. The number of amides is 1. The van der Waals surface area contributed by atoms with Crippen LogP contribution < -0.4 is 10.1 Å². The summed E-state index contributed by atoms with van der Waals surface area (Å²) >= 11 is 4.64. The van der Waals surface area contributed by atoms with E-state index in [1.807, 2.05) is 24.3 Å². The van der Waals surface area contributed by atoms with Gasteiger partial charge in [0.25, 0.3) is 5.91 Å². The second kappa shape index (κ2) is 7.11. The fraction of sp³-hybridized carbons (Fsp3) is 0.0588. The number of phenols is 1. The molecule has 1 aliphatic rings. The molecule has 0 unspecified atom stereocenters. The van der Waals surface area contributed by atoms with E-state index in [4.69, 9.17) is 4.74 Å². The number of carbonyl (C=O) groups excluding carboxylic acids is 1. The zero-order chi connectivity index (χ0) is 17.1. The van der Waals surface area contributed by atoms with Gasteiger partial charge in [-0.25, -0.2) is 4.99 Å². The van der Waals surface area contributed by atoms with E-state index >= 15 is 0 Å². The van der Waals surface area contributed by atoms with Gasteiger partial charge in [-0.3, -0.25) is 4.79 Å². The summed E-state index contributed by atoms with van der Waals surface area (Å²) in [4.78, 5) is 17.0. The molecule has 0 radical (unpaired) electrons. The second-order valence-electron chi connectivity index (χ2n) is 4.89. The van der Waals surface area contributed by atoms with Crippen LogP contribution in [-0.2, 0) is 4.79 Å². The van der Waals surface area contributed by atoms with Crippen LogP contribution in [0.1, 0.15) is 5.56 Å². The van der Waals surface area contributed by atoms with Gasteiger partial charge in [-0.05, 0) is 59.8 Å². The molecule has 0 atom stereocenters. The molecule has 3 rings (SSSR count). The molecule has 2 aromatic rings. The van der Waals surface area contributed by atoms with Crippen LogP contribution in [0, 0.1) is 0 Å². The number of rotatable bonds is 3. The Morgan fingerprint density at radius 3 is 2.71 bits per heavy atom. The van der Waals surface area contributed by atoms with Crippen LogP contribution in [0.15, 0.2) is 56.8 Å².